The minimum Gasteiger partial charge on any atom is -0.465 e. The van der Waals surface area contributed by atoms with Gasteiger partial charge in [0.2, 0.25) is 16.0 Å². The van der Waals surface area contributed by atoms with Crippen LogP contribution in [0.3, 0.4) is 0 Å². The Morgan fingerprint density at radius 1 is 1.23 bits per heavy atom. The molecule has 4 rings (SSSR count). The van der Waals surface area contributed by atoms with Gasteiger partial charge in [-0.25, -0.2) is 28.2 Å². The van der Waals surface area contributed by atoms with Crippen LogP contribution in [0.5, 0.6) is 0 Å². The number of imidazole rings is 1. The van der Waals surface area contributed by atoms with Crippen molar-refractivity contribution in [2.45, 2.75) is 77.5 Å². The van der Waals surface area contributed by atoms with Crippen molar-refractivity contribution < 1.29 is 23.1 Å². The second-order valence-electron chi connectivity index (χ2n) is 12.3. The average molecular weight is 664 g/mol. The molecule has 2 heterocycles. The topological polar surface area (TPSA) is 160 Å². The van der Waals surface area contributed by atoms with Crippen LogP contribution in [-0.4, -0.2) is 72.2 Å². The minimum absolute atomic E-state index is 0.0230. The lowest BCUT2D eigenvalue weighted by Gasteiger charge is -2.18. The van der Waals surface area contributed by atoms with E-state index in [0.717, 1.165) is 24.7 Å². The fraction of sp³-hybridized carbons (Fsp3) is 0.517. The SMILES string of the molecule is CCCS(=O)(=O)Nc1cccc(-c2c(-c3ccnc(NCC(C)NC(=O)O)n3)nc(C3CC3)n2COCC[Si](C)(C)C)c1Cl. The van der Waals surface area contributed by atoms with Crippen molar-refractivity contribution in [3.05, 3.63) is 41.3 Å². The van der Waals surface area contributed by atoms with E-state index in [4.69, 9.17) is 31.4 Å². The molecule has 1 amide bonds. The highest BCUT2D eigenvalue weighted by atomic mass is 35.5. The lowest BCUT2D eigenvalue weighted by molar-refractivity contribution is 0.0862. The van der Waals surface area contributed by atoms with Crippen molar-refractivity contribution in [2.24, 2.45) is 0 Å². The van der Waals surface area contributed by atoms with E-state index < -0.39 is 24.2 Å². The number of amides is 1. The molecule has 3 aromatic rings. The molecule has 0 spiro atoms. The van der Waals surface area contributed by atoms with Crippen LogP contribution < -0.4 is 15.4 Å². The molecule has 1 atom stereocenters. The lowest BCUT2D eigenvalue weighted by Crippen LogP contribution is -2.36. The summed E-state index contributed by atoms with van der Waals surface area (Å²) in [5, 5.41) is 14.7. The highest BCUT2D eigenvalue weighted by Crippen LogP contribution is 2.45. The van der Waals surface area contributed by atoms with Crippen LogP contribution in [0.2, 0.25) is 30.7 Å². The molecule has 1 aliphatic rings. The number of nitrogens with one attached hydrogen (secondary N) is 3. The number of nitrogens with zero attached hydrogens (tertiary/aromatic N) is 4. The van der Waals surface area contributed by atoms with E-state index in [2.05, 4.69) is 40.0 Å². The number of halogens is 1. The van der Waals surface area contributed by atoms with E-state index in [0.29, 0.717) is 41.6 Å². The highest BCUT2D eigenvalue weighted by Gasteiger charge is 2.33. The van der Waals surface area contributed by atoms with Gasteiger partial charge in [-0.15, -0.1) is 0 Å². The summed E-state index contributed by atoms with van der Waals surface area (Å²) in [6.07, 6.45) is 2.97. The molecule has 0 aliphatic heterocycles. The largest absolute Gasteiger partial charge is 0.465 e. The predicted molar refractivity (Wildman–Crippen MR) is 177 cm³/mol. The number of benzene rings is 1. The maximum absolute atomic E-state index is 12.7. The van der Waals surface area contributed by atoms with Crippen LogP contribution in [0.4, 0.5) is 16.4 Å². The molecule has 1 unspecified atom stereocenters. The Hall–Kier alpha value is -3.20. The quantitative estimate of drug-likeness (QED) is 0.105. The predicted octanol–water partition coefficient (Wildman–Crippen LogP) is 6.07. The Bertz CT molecular complexity index is 1570. The van der Waals surface area contributed by atoms with E-state index >= 15 is 0 Å². The first-order valence-corrected chi connectivity index (χ1v) is 20.6. The number of ether oxygens (including phenoxy) is 1. The summed E-state index contributed by atoms with van der Waals surface area (Å²) in [5.74, 6) is 1.41. The minimum atomic E-state index is -3.58. The summed E-state index contributed by atoms with van der Waals surface area (Å²) in [5.41, 5.74) is 2.66. The van der Waals surface area contributed by atoms with Gasteiger partial charge in [-0.05, 0) is 44.4 Å². The molecule has 1 fully saturated rings. The molecule has 1 saturated carbocycles. The van der Waals surface area contributed by atoms with Gasteiger partial charge in [0.1, 0.15) is 18.2 Å². The third-order valence-electron chi connectivity index (χ3n) is 6.98. The molecule has 4 N–H and O–H groups in total. The second kappa shape index (κ2) is 14.3. The number of aromatic nitrogens is 4. The second-order valence-corrected chi connectivity index (χ2v) is 20.1. The molecule has 44 heavy (non-hydrogen) atoms. The Morgan fingerprint density at radius 3 is 2.64 bits per heavy atom. The summed E-state index contributed by atoms with van der Waals surface area (Å²) >= 11 is 6.96. The summed E-state index contributed by atoms with van der Waals surface area (Å²) < 4.78 is 36.2. The summed E-state index contributed by atoms with van der Waals surface area (Å²) in [4.78, 5) is 25.1. The number of carbonyl (C=O) groups is 1. The standard InChI is InChI=1S/C29H42ClN7O5SSi/c1-6-15-43(40,41)36-22-9-7-8-21(24(22)30)26-25(23-12-13-31-28(34-23)32-17-19(2)33-29(38)39)35-27(20-10-11-20)37(26)18-42-14-16-44(3,4)5/h7-9,12-13,19-20,33,36H,6,10-11,14-18H2,1-5H3,(H,38,39)(H,31,32,34). The summed E-state index contributed by atoms with van der Waals surface area (Å²) in [6, 6.07) is 7.64. The Balaban J connectivity index is 1.79. The molecular formula is C29H42ClN7O5SSi. The van der Waals surface area contributed by atoms with Crippen molar-refractivity contribution >= 4 is 47.4 Å². The first-order chi connectivity index (χ1) is 20.8. The maximum atomic E-state index is 12.7. The van der Waals surface area contributed by atoms with Gasteiger partial charge in [-0.2, -0.15) is 0 Å². The van der Waals surface area contributed by atoms with Gasteiger partial charge in [0.15, 0.2) is 0 Å². The zero-order chi connectivity index (χ0) is 32.1. The molecule has 0 bridgehead atoms. The van der Waals surface area contributed by atoms with Crippen molar-refractivity contribution in [3.63, 3.8) is 0 Å². The zero-order valence-corrected chi connectivity index (χ0v) is 28.4. The molecule has 2 aromatic heterocycles. The van der Waals surface area contributed by atoms with Gasteiger partial charge in [-0.1, -0.05) is 50.3 Å². The van der Waals surface area contributed by atoms with E-state index in [1.165, 1.54) is 0 Å². The van der Waals surface area contributed by atoms with Crippen molar-refractivity contribution in [3.8, 4) is 22.6 Å². The lowest BCUT2D eigenvalue weighted by atomic mass is 10.1. The van der Waals surface area contributed by atoms with Gasteiger partial charge < -0.3 is 25.0 Å². The molecule has 0 saturated heterocycles. The third kappa shape index (κ3) is 9.16. The number of hydrogen-bond donors (Lipinski definition) is 4. The van der Waals surface area contributed by atoms with Gasteiger partial charge in [0, 0.05) is 44.9 Å². The number of hydrogen-bond acceptors (Lipinski definition) is 8. The number of anilines is 2. The number of sulfonamides is 1. The highest BCUT2D eigenvalue weighted by molar-refractivity contribution is 7.92. The molecule has 12 nitrogen and oxygen atoms in total. The van der Waals surface area contributed by atoms with E-state index in [1.54, 1.807) is 38.2 Å². The number of carboxylic acid groups (broad SMARTS) is 1. The van der Waals surface area contributed by atoms with E-state index in [1.807, 2.05) is 10.6 Å². The van der Waals surface area contributed by atoms with E-state index in [-0.39, 0.29) is 41.7 Å². The molecule has 0 radical (unpaired) electrons. The average Bonchev–Trinajstić information content (AvgIpc) is 3.71. The van der Waals surface area contributed by atoms with Crippen LogP contribution in [0, 0.1) is 0 Å². The van der Waals surface area contributed by atoms with Crippen LogP contribution >= 0.6 is 11.6 Å². The monoisotopic (exact) mass is 663 g/mol. The third-order valence-corrected chi connectivity index (χ3v) is 10.6. The first-order valence-electron chi connectivity index (χ1n) is 14.8. The first kappa shape index (κ1) is 33.7. The van der Waals surface area contributed by atoms with Crippen LogP contribution in [0.25, 0.3) is 22.6 Å². The van der Waals surface area contributed by atoms with Crippen LogP contribution in [-0.2, 0) is 21.5 Å². The summed E-state index contributed by atoms with van der Waals surface area (Å²) in [6.45, 7) is 11.6. The Labute approximate surface area is 265 Å². The fourth-order valence-corrected chi connectivity index (χ4v) is 6.82. The molecule has 15 heteroatoms. The smallest absolute Gasteiger partial charge is 0.404 e. The summed E-state index contributed by atoms with van der Waals surface area (Å²) in [7, 11) is -4.90. The fourth-order valence-electron chi connectivity index (χ4n) is 4.60. The number of rotatable bonds is 16. The van der Waals surface area contributed by atoms with Gasteiger partial charge >= 0.3 is 6.09 Å². The van der Waals surface area contributed by atoms with E-state index in [9.17, 15) is 13.2 Å². The van der Waals surface area contributed by atoms with Gasteiger partial charge in [-0.3, -0.25) is 4.72 Å². The van der Waals surface area contributed by atoms with Crippen molar-refractivity contribution in [2.75, 3.05) is 28.9 Å². The van der Waals surface area contributed by atoms with Gasteiger partial charge in [0.25, 0.3) is 0 Å². The van der Waals surface area contributed by atoms with Crippen molar-refractivity contribution in [1.29, 1.82) is 0 Å². The van der Waals surface area contributed by atoms with Crippen LogP contribution in [0.1, 0.15) is 44.9 Å². The molecule has 240 valence electrons. The van der Waals surface area contributed by atoms with Crippen molar-refractivity contribution in [1.82, 2.24) is 24.8 Å². The normalized spacial score (nSPS) is 14.3. The Kier molecular flexibility index (Phi) is 10.9. The van der Waals surface area contributed by atoms with Gasteiger partial charge in [0.05, 0.1) is 27.9 Å². The Morgan fingerprint density at radius 2 is 1.98 bits per heavy atom. The molecular weight excluding hydrogens is 622 g/mol. The molecule has 1 aromatic carbocycles. The van der Waals surface area contributed by atoms with Crippen LogP contribution in [0.15, 0.2) is 30.5 Å². The zero-order valence-electron chi connectivity index (χ0n) is 25.9. The molecule has 1 aliphatic carbocycles. The maximum Gasteiger partial charge on any atom is 0.404 e.